The van der Waals surface area contributed by atoms with Gasteiger partial charge in [0.05, 0.1) is 19.2 Å². The van der Waals surface area contributed by atoms with Crippen molar-refractivity contribution >= 4 is 11.9 Å². The molecule has 0 unspecified atom stereocenters. The number of hydrogen-bond acceptors (Lipinski definition) is 5. The summed E-state index contributed by atoms with van der Waals surface area (Å²) in [6, 6.07) is 1.53. The Morgan fingerprint density at radius 2 is 2.18 bits per heavy atom. The van der Waals surface area contributed by atoms with Crippen molar-refractivity contribution in [1.82, 2.24) is 15.3 Å². The van der Waals surface area contributed by atoms with Crippen LogP contribution < -0.4 is 10.2 Å². The molecule has 6 nitrogen and oxygen atoms in total. The van der Waals surface area contributed by atoms with Crippen LogP contribution in [0, 0.1) is 0 Å². The summed E-state index contributed by atoms with van der Waals surface area (Å²) in [5.74, 6) is 0.348. The van der Waals surface area contributed by atoms with Gasteiger partial charge in [-0.05, 0) is 12.5 Å². The number of nitrogens with zero attached hydrogens (tertiary/aromatic N) is 3. The Labute approximate surface area is 101 Å². The fourth-order valence-corrected chi connectivity index (χ4v) is 1.32. The summed E-state index contributed by atoms with van der Waals surface area (Å²) in [6.07, 6.45) is 3.95. The second-order valence-electron chi connectivity index (χ2n) is 3.76. The van der Waals surface area contributed by atoms with Crippen molar-refractivity contribution in [2.45, 2.75) is 19.4 Å². The summed E-state index contributed by atoms with van der Waals surface area (Å²) in [5.41, 5.74) is 0. The first-order valence-corrected chi connectivity index (χ1v) is 5.55. The first-order chi connectivity index (χ1) is 8.17. The van der Waals surface area contributed by atoms with Crippen LogP contribution in [0.4, 0.5) is 5.95 Å². The Morgan fingerprint density at radius 3 is 2.71 bits per heavy atom. The molecule has 0 fully saturated rings. The summed E-state index contributed by atoms with van der Waals surface area (Å²) in [7, 11) is 1.74. The van der Waals surface area contributed by atoms with Crippen LogP contribution in [-0.4, -0.2) is 47.2 Å². The first-order valence-electron chi connectivity index (χ1n) is 5.55. The Morgan fingerprint density at radius 1 is 1.53 bits per heavy atom. The van der Waals surface area contributed by atoms with E-state index < -0.39 is 0 Å². The number of carbonyl (C=O) groups is 1. The summed E-state index contributed by atoms with van der Waals surface area (Å²) in [5, 5.41) is 11.7. The van der Waals surface area contributed by atoms with Crippen molar-refractivity contribution in [2.75, 3.05) is 25.1 Å². The van der Waals surface area contributed by atoms with E-state index in [1.165, 1.54) is 0 Å². The van der Waals surface area contributed by atoms with E-state index in [1.807, 2.05) is 6.92 Å². The third kappa shape index (κ3) is 4.36. The zero-order valence-corrected chi connectivity index (χ0v) is 10.1. The molecular weight excluding hydrogens is 220 g/mol. The molecule has 1 aromatic heterocycles. The fraction of sp³-hybridized carbons (Fsp3) is 0.545. The van der Waals surface area contributed by atoms with Gasteiger partial charge in [0.25, 0.3) is 0 Å². The van der Waals surface area contributed by atoms with E-state index >= 15 is 0 Å². The minimum Gasteiger partial charge on any atom is -0.394 e. The molecule has 17 heavy (non-hydrogen) atoms. The molecule has 0 saturated carbocycles. The van der Waals surface area contributed by atoms with Gasteiger partial charge in [-0.15, -0.1) is 0 Å². The molecular formula is C11H18N4O2. The van der Waals surface area contributed by atoms with Gasteiger partial charge in [-0.2, -0.15) is 0 Å². The van der Waals surface area contributed by atoms with Crippen LogP contribution in [0.2, 0.25) is 0 Å². The van der Waals surface area contributed by atoms with Crippen molar-refractivity contribution in [3.05, 3.63) is 18.5 Å². The van der Waals surface area contributed by atoms with Crippen molar-refractivity contribution in [3.63, 3.8) is 0 Å². The molecule has 2 N–H and O–H groups in total. The van der Waals surface area contributed by atoms with Gasteiger partial charge in [-0.1, -0.05) is 6.92 Å². The van der Waals surface area contributed by atoms with Crippen LogP contribution in [0.3, 0.4) is 0 Å². The van der Waals surface area contributed by atoms with E-state index in [0.29, 0.717) is 12.4 Å². The molecule has 0 radical (unpaired) electrons. The fourth-order valence-electron chi connectivity index (χ4n) is 1.32. The molecule has 0 aliphatic heterocycles. The molecule has 6 heteroatoms. The number of rotatable bonds is 6. The zero-order chi connectivity index (χ0) is 12.7. The SMILES string of the molecule is CC[C@@H](CO)NC(=O)CN(C)c1ncccn1. The Bertz CT molecular complexity index is 341. The second-order valence-corrected chi connectivity index (χ2v) is 3.76. The van der Waals surface area contributed by atoms with Crippen molar-refractivity contribution < 1.29 is 9.90 Å². The van der Waals surface area contributed by atoms with Gasteiger partial charge in [0.1, 0.15) is 0 Å². The first kappa shape index (κ1) is 13.4. The Hall–Kier alpha value is -1.69. The van der Waals surface area contributed by atoms with Gasteiger partial charge in [0.2, 0.25) is 11.9 Å². The third-order valence-electron chi connectivity index (χ3n) is 2.35. The van der Waals surface area contributed by atoms with Gasteiger partial charge < -0.3 is 15.3 Å². The predicted octanol–water partition coefficient (Wildman–Crippen LogP) is -0.200. The number of carbonyl (C=O) groups excluding carboxylic acids is 1. The average molecular weight is 238 g/mol. The number of nitrogens with one attached hydrogen (secondary N) is 1. The van der Waals surface area contributed by atoms with Crippen LogP contribution in [-0.2, 0) is 4.79 Å². The van der Waals surface area contributed by atoms with E-state index in [9.17, 15) is 4.79 Å². The number of aliphatic hydroxyl groups excluding tert-OH is 1. The van der Waals surface area contributed by atoms with Crippen molar-refractivity contribution in [3.8, 4) is 0 Å². The third-order valence-corrected chi connectivity index (χ3v) is 2.35. The average Bonchev–Trinajstić information content (AvgIpc) is 2.37. The highest BCUT2D eigenvalue weighted by atomic mass is 16.3. The van der Waals surface area contributed by atoms with Crippen LogP contribution in [0.1, 0.15) is 13.3 Å². The number of amides is 1. The van der Waals surface area contributed by atoms with Gasteiger partial charge in [0.15, 0.2) is 0 Å². The lowest BCUT2D eigenvalue weighted by Crippen LogP contribution is -2.42. The number of anilines is 1. The van der Waals surface area contributed by atoms with Crippen LogP contribution in [0.5, 0.6) is 0 Å². The normalized spacial score (nSPS) is 11.9. The maximum atomic E-state index is 11.6. The molecule has 1 aromatic rings. The van der Waals surface area contributed by atoms with Gasteiger partial charge in [0, 0.05) is 19.4 Å². The van der Waals surface area contributed by atoms with E-state index in [4.69, 9.17) is 5.11 Å². The maximum Gasteiger partial charge on any atom is 0.239 e. The largest absolute Gasteiger partial charge is 0.394 e. The standard InChI is InChI=1S/C11H18N4O2/c1-3-9(8-16)14-10(17)7-15(2)11-12-5-4-6-13-11/h4-6,9,16H,3,7-8H2,1-2H3,(H,14,17)/t9-/m0/s1. The van der Waals surface area contributed by atoms with Crippen LogP contribution >= 0.6 is 0 Å². The number of aliphatic hydroxyl groups is 1. The zero-order valence-electron chi connectivity index (χ0n) is 10.1. The summed E-state index contributed by atoms with van der Waals surface area (Å²) >= 11 is 0. The highest BCUT2D eigenvalue weighted by Crippen LogP contribution is 2.01. The van der Waals surface area contributed by atoms with E-state index in [-0.39, 0.29) is 25.1 Å². The highest BCUT2D eigenvalue weighted by Gasteiger charge is 2.12. The lowest BCUT2D eigenvalue weighted by molar-refractivity contribution is -0.120. The number of likely N-dealkylation sites (N-methyl/N-ethyl adjacent to an activating group) is 1. The Kier molecular flexibility index (Phi) is 5.35. The lowest BCUT2D eigenvalue weighted by Gasteiger charge is -2.19. The number of aromatic nitrogens is 2. The van der Waals surface area contributed by atoms with Gasteiger partial charge in [-0.3, -0.25) is 4.79 Å². The number of hydrogen-bond donors (Lipinski definition) is 2. The molecule has 0 aliphatic rings. The van der Waals surface area contributed by atoms with Crippen molar-refractivity contribution in [2.24, 2.45) is 0 Å². The van der Waals surface area contributed by atoms with E-state index in [0.717, 1.165) is 0 Å². The maximum absolute atomic E-state index is 11.6. The molecule has 1 rings (SSSR count). The van der Waals surface area contributed by atoms with Gasteiger partial charge >= 0.3 is 0 Å². The molecule has 1 amide bonds. The molecule has 1 heterocycles. The molecule has 0 spiro atoms. The smallest absolute Gasteiger partial charge is 0.239 e. The topological polar surface area (TPSA) is 78.4 Å². The van der Waals surface area contributed by atoms with Crippen LogP contribution in [0.25, 0.3) is 0 Å². The summed E-state index contributed by atoms with van der Waals surface area (Å²) in [6.45, 7) is 2.03. The summed E-state index contributed by atoms with van der Waals surface area (Å²) in [4.78, 5) is 21.4. The molecule has 0 saturated heterocycles. The van der Waals surface area contributed by atoms with Gasteiger partial charge in [-0.25, -0.2) is 9.97 Å². The minimum absolute atomic E-state index is 0.0478. The lowest BCUT2D eigenvalue weighted by atomic mass is 10.2. The quantitative estimate of drug-likeness (QED) is 0.717. The summed E-state index contributed by atoms with van der Waals surface area (Å²) < 4.78 is 0. The molecule has 0 aliphatic carbocycles. The van der Waals surface area contributed by atoms with E-state index in [1.54, 1.807) is 30.4 Å². The van der Waals surface area contributed by atoms with E-state index in [2.05, 4.69) is 15.3 Å². The predicted molar refractivity (Wildman–Crippen MR) is 64.6 cm³/mol. The monoisotopic (exact) mass is 238 g/mol. The molecule has 0 bridgehead atoms. The Balaban J connectivity index is 2.46. The minimum atomic E-state index is -0.187. The van der Waals surface area contributed by atoms with Crippen molar-refractivity contribution in [1.29, 1.82) is 0 Å². The second kappa shape index (κ2) is 6.80. The molecule has 1 atom stereocenters. The van der Waals surface area contributed by atoms with Crippen LogP contribution in [0.15, 0.2) is 18.5 Å². The highest BCUT2D eigenvalue weighted by molar-refractivity contribution is 5.80. The molecule has 0 aromatic carbocycles. The molecule has 94 valence electrons.